The molecular formula is C19H31N3O2. The molecule has 0 bridgehead atoms. The molecule has 0 aromatic heterocycles. The molecule has 0 radical (unpaired) electrons. The molecule has 1 heterocycles. The molecule has 1 unspecified atom stereocenters. The van der Waals surface area contributed by atoms with Gasteiger partial charge in [-0.1, -0.05) is 32.0 Å². The van der Waals surface area contributed by atoms with Gasteiger partial charge >= 0.3 is 6.03 Å². The van der Waals surface area contributed by atoms with E-state index in [1.807, 2.05) is 26.0 Å². The molecule has 0 saturated carbocycles. The van der Waals surface area contributed by atoms with Gasteiger partial charge in [-0.3, -0.25) is 0 Å². The first-order valence-corrected chi connectivity index (χ1v) is 8.97. The minimum absolute atomic E-state index is 0.0811. The SMILES string of the molecule is CC(C)C(C)(O)CNC(=O)NCc1ccccc1N1CCCCC1. The Labute approximate surface area is 145 Å². The molecule has 1 aromatic carbocycles. The van der Waals surface area contributed by atoms with Gasteiger partial charge in [0.15, 0.2) is 0 Å². The smallest absolute Gasteiger partial charge is 0.315 e. The van der Waals surface area contributed by atoms with Crippen LogP contribution in [0, 0.1) is 5.92 Å². The molecule has 1 atom stereocenters. The Kier molecular flexibility index (Phi) is 6.49. The second-order valence-corrected chi connectivity index (χ2v) is 7.22. The number of hydrogen-bond donors (Lipinski definition) is 3. The van der Waals surface area contributed by atoms with Crippen molar-refractivity contribution in [3.63, 3.8) is 0 Å². The fourth-order valence-electron chi connectivity index (χ4n) is 2.80. The third-order valence-electron chi connectivity index (χ3n) is 4.98. The molecule has 1 fully saturated rings. The van der Waals surface area contributed by atoms with E-state index in [2.05, 4.69) is 27.7 Å². The van der Waals surface area contributed by atoms with Crippen LogP contribution >= 0.6 is 0 Å². The molecule has 2 rings (SSSR count). The molecule has 3 N–H and O–H groups in total. The molecule has 1 aliphatic rings. The lowest BCUT2D eigenvalue weighted by atomic mass is 9.93. The summed E-state index contributed by atoms with van der Waals surface area (Å²) in [6.45, 7) is 8.51. The normalized spacial score (nSPS) is 17.5. The summed E-state index contributed by atoms with van der Waals surface area (Å²) in [5.74, 6) is 0.0811. The zero-order valence-corrected chi connectivity index (χ0v) is 15.1. The van der Waals surface area contributed by atoms with E-state index in [4.69, 9.17) is 0 Å². The Bertz CT molecular complexity index is 537. The average Bonchev–Trinajstić information content (AvgIpc) is 2.59. The summed E-state index contributed by atoms with van der Waals surface area (Å²) in [5, 5.41) is 15.9. The summed E-state index contributed by atoms with van der Waals surface area (Å²) in [4.78, 5) is 14.4. The number of benzene rings is 1. The lowest BCUT2D eigenvalue weighted by Crippen LogP contribution is -2.47. The number of carbonyl (C=O) groups excluding carboxylic acids is 1. The van der Waals surface area contributed by atoms with Gasteiger partial charge < -0.3 is 20.6 Å². The number of aliphatic hydroxyl groups is 1. The fraction of sp³-hybridized carbons (Fsp3) is 0.632. The zero-order valence-electron chi connectivity index (χ0n) is 15.1. The van der Waals surface area contributed by atoms with Crippen molar-refractivity contribution in [1.29, 1.82) is 0 Å². The van der Waals surface area contributed by atoms with Crippen molar-refractivity contribution in [2.24, 2.45) is 5.92 Å². The van der Waals surface area contributed by atoms with Crippen LogP contribution in [0.25, 0.3) is 0 Å². The second kappa shape index (κ2) is 8.38. The maximum absolute atomic E-state index is 12.0. The molecule has 1 aliphatic heterocycles. The number of nitrogens with zero attached hydrogens (tertiary/aromatic N) is 1. The van der Waals surface area contributed by atoms with Gasteiger partial charge in [0.1, 0.15) is 0 Å². The van der Waals surface area contributed by atoms with Crippen LogP contribution in [0.1, 0.15) is 45.6 Å². The maximum atomic E-state index is 12.0. The Morgan fingerprint density at radius 1 is 1.21 bits per heavy atom. The van der Waals surface area contributed by atoms with E-state index in [1.165, 1.54) is 24.9 Å². The largest absolute Gasteiger partial charge is 0.388 e. The van der Waals surface area contributed by atoms with E-state index in [1.54, 1.807) is 6.92 Å². The molecule has 24 heavy (non-hydrogen) atoms. The van der Waals surface area contributed by atoms with Gasteiger partial charge in [-0.25, -0.2) is 4.79 Å². The molecule has 1 aromatic rings. The van der Waals surface area contributed by atoms with Crippen molar-refractivity contribution in [2.75, 3.05) is 24.5 Å². The predicted molar refractivity (Wildman–Crippen MR) is 98.2 cm³/mol. The minimum Gasteiger partial charge on any atom is -0.388 e. The first-order valence-electron chi connectivity index (χ1n) is 8.97. The standard InChI is InChI=1S/C19H31N3O2/c1-15(2)19(3,24)14-21-18(23)20-13-16-9-5-6-10-17(16)22-11-7-4-8-12-22/h5-6,9-10,15,24H,4,7-8,11-14H2,1-3H3,(H2,20,21,23). The van der Waals surface area contributed by atoms with Crippen molar-refractivity contribution < 1.29 is 9.90 Å². The van der Waals surface area contributed by atoms with Gasteiger partial charge in [-0.2, -0.15) is 0 Å². The highest BCUT2D eigenvalue weighted by Gasteiger charge is 2.25. The van der Waals surface area contributed by atoms with Crippen LogP contribution in [-0.4, -0.2) is 36.4 Å². The monoisotopic (exact) mass is 333 g/mol. The Balaban J connectivity index is 1.89. The highest BCUT2D eigenvalue weighted by atomic mass is 16.3. The number of piperidine rings is 1. The van der Waals surface area contributed by atoms with Crippen molar-refractivity contribution in [3.8, 4) is 0 Å². The van der Waals surface area contributed by atoms with E-state index in [0.717, 1.165) is 18.7 Å². The number of anilines is 1. The molecule has 0 aliphatic carbocycles. The summed E-state index contributed by atoms with van der Waals surface area (Å²) >= 11 is 0. The molecule has 2 amide bonds. The molecule has 5 nitrogen and oxygen atoms in total. The highest BCUT2D eigenvalue weighted by Crippen LogP contribution is 2.24. The lowest BCUT2D eigenvalue weighted by molar-refractivity contribution is 0.0166. The van der Waals surface area contributed by atoms with Gasteiger partial charge in [0.05, 0.1) is 5.60 Å². The van der Waals surface area contributed by atoms with Crippen LogP contribution in [0.15, 0.2) is 24.3 Å². The van der Waals surface area contributed by atoms with Gasteiger partial charge in [-0.05, 0) is 43.7 Å². The molecule has 1 saturated heterocycles. The lowest BCUT2D eigenvalue weighted by Gasteiger charge is -2.31. The van der Waals surface area contributed by atoms with Gasteiger partial charge in [0.2, 0.25) is 0 Å². The molecule has 5 heteroatoms. The summed E-state index contributed by atoms with van der Waals surface area (Å²) in [6, 6.07) is 8.00. The Morgan fingerprint density at radius 2 is 1.88 bits per heavy atom. The van der Waals surface area contributed by atoms with Crippen molar-refractivity contribution in [2.45, 2.75) is 52.2 Å². The van der Waals surface area contributed by atoms with Crippen LogP contribution in [0.2, 0.25) is 0 Å². The third kappa shape index (κ3) is 5.13. The van der Waals surface area contributed by atoms with Gasteiger partial charge in [0, 0.05) is 31.9 Å². The minimum atomic E-state index is -0.900. The van der Waals surface area contributed by atoms with Gasteiger partial charge in [-0.15, -0.1) is 0 Å². The number of carbonyl (C=O) groups is 1. The van der Waals surface area contributed by atoms with Crippen molar-refractivity contribution in [1.82, 2.24) is 10.6 Å². The summed E-state index contributed by atoms with van der Waals surface area (Å²) < 4.78 is 0. The number of para-hydroxylation sites is 1. The highest BCUT2D eigenvalue weighted by molar-refractivity contribution is 5.74. The average molecular weight is 333 g/mol. The second-order valence-electron chi connectivity index (χ2n) is 7.22. The quantitative estimate of drug-likeness (QED) is 0.750. The summed E-state index contributed by atoms with van der Waals surface area (Å²) in [5.41, 5.74) is 1.44. The Morgan fingerprint density at radius 3 is 2.54 bits per heavy atom. The van der Waals surface area contributed by atoms with E-state index in [0.29, 0.717) is 6.54 Å². The zero-order chi connectivity index (χ0) is 17.6. The van der Waals surface area contributed by atoms with Crippen LogP contribution in [0.4, 0.5) is 10.5 Å². The van der Waals surface area contributed by atoms with Crippen LogP contribution in [0.3, 0.4) is 0 Å². The topological polar surface area (TPSA) is 64.6 Å². The van der Waals surface area contributed by atoms with Crippen molar-refractivity contribution >= 4 is 11.7 Å². The first-order chi connectivity index (χ1) is 11.4. The number of hydrogen-bond acceptors (Lipinski definition) is 3. The summed E-state index contributed by atoms with van der Waals surface area (Å²) in [6.07, 6.45) is 3.76. The van der Waals surface area contributed by atoms with Crippen LogP contribution in [0.5, 0.6) is 0 Å². The van der Waals surface area contributed by atoms with E-state index in [-0.39, 0.29) is 18.5 Å². The van der Waals surface area contributed by atoms with E-state index in [9.17, 15) is 9.90 Å². The first kappa shape index (κ1) is 18.6. The van der Waals surface area contributed by atoms with Crippen LogP contribution in [-0.2, 0) is 6.54 Å². The van der Waals surface area contributed by atoms with Crippen LogP contribution < -0.4 is 15.5 Å². The third-order valence-corrected chi connectivity index (χ3v) is 4.98. The maximum Gasteiger partial charge on any atom is 0.315 e. The predicted octanol–water partition coefficient (Wildman–Crippen LogP) is 2.88. The van der Waals surface area contributed by atoms with Gasteiger partial charge in [0.25, 0.3) is 0 Å². The number of amides is 2. The molecule has 0 spiro atoms. The van der Waals surface area contributed by atoms with Crippen molar-refractivity contribution in [3.05, 3.63) is 29.8 Å². The van der Waals surface area contributed by atoms with E-state index >= 15 is 0 Å². The number of nitrogens with one attached hydrogen (secondary N) is 2. The number of rotatable bonds is 6. The fourth-order valence-corrected chi connectivity index (χ4v) is 2.80. The Hall–Kier alpha value is -1.75. The molecule has 134 valence electrons. The molecular weight excluding hydrogens is 302 g/mol. The van der Waals surface area contributed by atoms with E-state index < -0.39 is 5.60 Å². The number of urea groups is 1. The summed E-state index contributed by atoms with van der Waals surface area (Å²) in [7, 11) is 0.